The molecule has 1 atom stereocenters. The third kappa shape index (κ3) is 3.37. The molecule has 1 aliphatic rings. The van der Waals surface area contributed by atoms with Crippen molar-refractivity contribution in [1.82, 2.24) is 20.1 Å². The molecule has 0 aliphatic carbocycles. The van der Waals surface area contributed by atoms with Crippen LogP contribution >= 0.6 is 0 Å². The molecule has 7 heteroatoms. The Morgan fingerprint density at radius 1 is 1.06 bits per heavy atom. The molecule has 3 heterocycles. The normalized spacial score (nSPS) is 15.1. The molecule has 0 saturated heterocycles. The topological polar surface area (TPSA) is 91.3 Å². The maximum Gasteiger partial charge on any atom is 0.273 e. The van der Waals surface area contributed by atoms with Crippen LogP contribution in [-0.4, -0.2) is 37.7 Å². The van der Waals surface area contributed by atoms with Crippen LogP contribution in [0.5, 0.6) is 11.5 Å². The molecule has 2 aromatic carbocycles. The number of nitrogens with zero attached hydrogens (tertiary/aromatic N) is 3. The Kier molecular flexibility index (Phi) is 5.07. The first-order valence-corrected chi connectivity index (χ1v) is 10.5. The molecular weight excluding hydrogens is 404 g/mol. The molecule has 1 amide bonds. The number of hydrogen-bond donors (Lipinski definition) is 2. The van der Waals surface area contributed by atoms with Crippen molar-refractivity contribution in [2.45, 2.75) is 19.5 Å². The van der Waals surface area contributed by atoms with Gasteiger partial charge < -0.3 is 14.7 Å². The largest absolute Gasteiger partial charge is 0.507 e. The number of phenolic OH excluding ortho intramolecular Hbond substituents is 1. The van der Waals surface area contributed by atoms with Gasteiger partial charge in [0.25, 0.3) is 5.91 Å². The number of ether oxygens (including phenoxy) is 1. The number of carbonyl (C=O) groups is 1. The van der Waals surface area contributed by atoms with Gasteiger partial charge in [-0.25, -0.2) is 0 Å². The zero-order valence-corrected chi connectivity index (χ0v) is 17.5. The van der Waals surface area contributed by atoms with Crippen molar-refractivity contribution >= 4 is 5.91 Å². The molecule has 32 heavy (non-hydrogen) atoms. The van der Waals surface area contributed by atoms with Gasteiger partial charge in [-0.2, -0.15) is 5.10 Å². The Morgan fingerprint density at radius 2 is 1.81 bits per heavy atom. The lowest BCUT2D eigenvalue weighted by molar-refractivity contribution is 0.0730. The third-order valence-electron chi connectivity index (χ3n) is 5.63. The van der Waals surface area contributed by atoms with Gasteiger partial charge in [0.1, 0.15) is 22.9 Å². The van der Waals surface area contributed by atoms with Crippen molar-refractivity contribution in [3.8, 4) is 22.8 Å². The fourth-order valence-electron chi connectivity index (χ4n) is 4.18. The predicted octanol–water partition coefficient (Wildman–Crippen LogP) is 4.32. The molecule has 2 N–H and O–H groups in total. The van der Waals surface area contributed by atoms with Crippen molar-refractivity contribution in [3.63, 3.8) is 0 Å². The molecular formula is C25H22N4O3. The second kappa shape index (κ2) is 8.19. The number of aromatic hydroxyl groups is 1. The van der Waals surface area contributed by atoms with E-state index in [-0.39, 0.29) is 17.7 Å². The Morgan fingerprint density at radius 3 is 2.53 bits per heavy atom. The Bertz CT molecular complexity index is 1250. The van der Waals surface area contributed by atoms with Gasteiger partial charge in [-0.15, -0.1) is 0 Å². The van der Waals surface area contributed by atoms with Crippen molar-refractivity contribution < 1.29 is 14.6 Å². The number of benzene rings is 2. The Balaban J connectivity index is 1.63. The first kappa shape index (κ1) is 19.8. The van der Waals surface area contributed by atoms with Gasteiger partial charge in [0.15, 0.2) is 0 Å². The third-order valence-corrected chi connectivity index (χ3v) is 5.63. The quantitative estimate of drug-likeness (QED) is 0.479. The van der Waals surface area contributed by atoms with Crippen LogP contribution in [0.2, 0.25) is 0 Å². The summed E-state index contributed by atoms with van der Waals surface area (Å²) in [5, 5.41) is 17.8. The molecule has 0 bridgehead atoms. The monoisotopic (exact) mass is 426 g/mol. The number of pyridine rings is 1. The first-order chi connectivity index (χ1) is 15.7. The summed E-state index contributed by atoms with van der Waals surface area (Å²) in [5.74, 6) is 0.756. The number of H-pyrrole nitrogens is 1. The maximum absolute atomic E-state index is 13.4. The SMILES string of the molecule is CCOc1ccc([C@H]2c3c(-c4ccccc4O)n[nH]c3C(=O)N2Cc2ccncc2)cc1. The molecule has 0 unspecified atom stereocenters. The number of nitrogens with one attached hydrogen (secondary N) is 1. The summed E-state index contributed by atoms with van der Waals surface area (Å²) in [7, 11) is 0. The maximum atomic E-state index is 13.4. The summed E-state index contributed by atoms with van der Waals surface area (Å²) >= 11 is 0. The van der Waals surface area contributed by atoms with Crippen LogP contribution in [0.25, 0.3) is 11.3 Å². The van der Waals surface area contributed by atoms with Crippen molar-refractivity contribution in [3.05, 3.63) is 95.4 Å². The number of fused-ring (bicyclic) bond motifs is 1. The number of carbonyl (C=O) groups excluding carboxylic acids is 1. The van der Waals surface area contributed by atoms with Gasteiger partial charge in [0.05, 0.1) is 12.6 Å². The zero-order chi connectivity index (χ0) is 22.1. The average molecular weight is 426 g/mol. The molecule has 4 aromatic rings. The number of rotatable bonds is 6. The predicted molar refractivity (Wildman–Crippen MR) is 119 cm³/mol. The number of aromatic amines is 1. The fraction of sp³-hybridized carbons (Fsp3) is 0.160. The Labute approximate surface area is 185 Å². The van der Waals surface area contributed by atoms with Gasteiger partial charge in [0.2, 0.25) is 0 Å². The smallest absolute Gasteiger partial charge is 0.273 e. The minimum atomic E-state index is -0.366. The fourth-order valence-corrected chi connectivity index (χ4v) is 4.18. The molecule has 7 nitrogen and oxygen atoms in total. The van der Waals surface area contributed by atoms with E-state index < -0.39 is 0 Å². The van der Waals surface area contributed by atoms with Crippen molar-refractivity contribution in [2.75, 3.05) is 6.61 Å². The summed E-state index contributed by atoms with van der Waals surface area (Å²) in [5.41, 5.74) is 4.27. The lowest BCUT2D eigenvalue weighted by atomic mass is 9.95. The van der Waals surface area contributed by atoms with Crippen LogP contribution < -0.4 is 4.74 Å². The van der Waals surface area contributed by atoms with E-state index in [0.29, 0.717) is 30.1 Å². The second-order valence-electron chi connectivity index (χ2n) is 7.57. The molecule has 0 fully saturated rings. The summed E-state index contributed by atoms with van der Waals surface area (Å²) in [6, 6.07) is 18.2. The standard InChI is InChI=1S/C25H22N4O3/c1-2-32-18-9-7-17(8-10-18)24-21-22(19-5-3-4-6-20(19)30)27-28-23(21)25(31)29(24)15-16-11-13-26-14-12-16/h3-14,24,30H,2,15H2,1H3,(H,27,28)/t24-/m0/s1. The Hall–Kier alpha value is -4.13. The summed E-state index contributed by atoms with van der Waals surface area (Å²) in [4.78, 5) is 19.3. The van der Waals surface area contributed by atoms with Crippen LogP contribution in [0.3, 0.4) is 0 Å². The van der Waals surface area contributed by atoms with Gasteiger partial charge in [-0.05, 0) is 54.4 Å². The average Bonchev–Trinajstić information content (AvgIpc) is 3.35. The van der Waals surface area contributed by atoms with Gasteiger partial charge >= 0.3 is 0 Å². The van der Waals surface area contributed by atoms with Gasteiger partial charge in [-0.1, -0.05) is 24.3 Å². The van der Waals surface area contributed by atoms with E-state index in [2.05, 4.69) is 15.2 Å². The van der Waals surface area contributed by atoms with E-state index in [1.54, 1.807) is 30.6 Å². The molecule has 0 radical (unpaired) electrons. The zero-order valence-electron chi connectivity index (χ0n) is 17.5. The van der Waals surface area contributed by atoms with Crippen LogP contribution in [0.4, 0.5) is 0 Å². The van der Waals surface area contributed by atoms with E-state index in [0.717, 1.165) is 22.4 Å². The number of aromatic nitrogens is 3. The molecule has 1 aliphatic heterocycles. The minimum absolute atomic E-state index is 0.118. The van der Waals surface area contributed by atoms with Crippen LogP contribution in [0, 0.1) is 0 Å². The van der Waals surface area contributed by atoms with E-state index in [4.69, 9.17) is 4.74 Å². The number of phenols is 1. The van der Waals surface area contributed by atoms with Crippen LogP contribution in [0.1, 0.15) is 40.1 Å². The van der Waals surface area contributed by atoms with Crippen molar-refractivity contribution in [2.24, 2.45) is 0 Å². The van der Waals surface area contributed by atoms with Crippen molar-refractivity contribution in [1.29, 1.82) is 0 Å². The highest BCUT2D eigenvalue weighted by atomic mass is 16.5. The molecule has 160 valence electrons. The lowest BCUT2D eigenvalue weighted by Gasteiger charge is -2.26. The highest BCUT2D eigenvalue weighted by Crippen LogP contribution is 2.45. The number of hydrogen-bond acceptors (Lipinski definition) is 5. The first-order valence-electron chi connectivity index (χ1n) is 10.5. The molecule has 5 rings (SSSR count). The summed E-state index contributed by atoms with van der Waals surface area (Å²) in [6.07, 6.45) is 3.44. The van der Waals surface area contributed by atoms with Crippen LogP contribution in [-0.2, 0) is 6.54 Å². The number of para-hydroxylation sites is 1. The van der Waals surface area contributed by atoms with Gasteiger partial charge in [-0.3, -0.25) is 14.9 Å². The lowest BCUT2D eigenvalue weighted by Crippen LogP contribution is -2.29. The van der Waals surface area contributed by atoms with E-state index in [1.807, 2.05) is 54.3 Å². The van der Waals surface area contributed by atoms with Crippen LogP contribution in [0.15, 0.2) is 73.1 Å². The molecule has 2 aromatic heterocycles. The van der Waals surface area contributed by atoms with Gasteiger partial charge in [0, 0.05) is 30.1 Å². The van der Waals surface area contributed by atoms with E-state index in [9.17, 15) is 9.90 Å². The summed E-state index contributed by atoms with van der Waals surface area (Å²) in [6.45, 7) is 2.94. The molecule has 0 saturated carbocycles. The highest BCUT2D eigenvalue weighted by molar-refractivity contribution is 6.00. The summed E-state index contributed by atoms with van der Waals surface area (Å²) < 4.78 is 5.59. The number of amides is 1. The van der Waals surface area contributed by atoms with E-state index in [1.165, 1.54) is 0 Å². The second-order valence-corrected chi connectivity index (χ2v) is 7.57. The van der Waals surface area contributed by atoms with E-state index >= 15 is 0 Å². The molecule has 0 spiro atoms. The highest BCUT2D eigenvalue weighted by Gasteiger charge is 2.42. The minimum Gasteiger partial charge on any atom is -0.507 e.